The first kappa shape index (κ1) is 36.4. The van der Waals surface area contributed by atoms with Crippen LogP contribution in [-0.2, 0) is 43.2 Å². The molecular formula is C37H44N4O8. The van der Waals surface area contributed by atoms with Crippen LogP contribution in [0.5, 0.6) is 5.75 Å². The lowest BCUT2D eigenvalue weighted by Gasteiger charge is -2.42. The molecule has 0 fully saturated rings. The Bertz CT molecular complexity index is 1670. The van der Waals surface area contributed by atoms with Gasteiger partial charge in [0.2, 0.25) is 11.8 Å². The number of amides is 4. The molecule has 1 aliphatic rings. The van der Waals surface area contributed by atoms with Crippen LogP contribution in [0.1, 0.15) is 44.4 Å². The number of phenolic OH excluding ortho intramolecular Hbond substituents is 1. The van der Waals surface area contributed by atoms with Crippen LogP contribution in [0.25, 0.3) is 0 Å². The zero-order valence-electron chi connectivity index (χ0n) is 28.6. The fraction of sp³-hybridized carbons (Fsp3) is 0.378. The lowest BCUT2D eigenvalue weighted by molar-refractivity contribution is -0.143. The third kappa shape index (κ3) is 8.95. The molecule has 12 heteroatoms. The van der Waals surface area contributed by atoms with Crippen molar-refractivity contribution >= 4 is 35.5 Å². The summed E-state index contributed by atoms with van der Waals surface area (Å²) in [7, 11) is 2.99. The molecule has 260 valence electrons. The van der Waals surface area contributed by atoms with Gasteiger partial charge in [-0.1, -0.05) is 60.7 Å². The van der Waals surface area contributed by atoms with Gasteiger partial charge in [-0.25, -0.2) is 9.59 Å². The van der Waals surface area contributed by atoms with Gasteiger partial charge in [0.05, 0.1) is 0 Å². The van der Waals surface area contributed by atoms with Gasteiger partial charge in [-0.3, -0.25) is 24.2 Å². The summed E-state index contributed by atoms with van der Waals surface area (Å²) in [6, 6.07) is 17.7. The fourth-order valence-corrected chi connectivity index (χ4v) is 5.75. The molecule has 0 radical (unpaired) electrons. The van der Waals surface area contributed by atoms with E-state index in [1.807, 2.05) is 36.4 Å². The molecule has 0 saturated heterocycles. The number of aromatic hydroxyl groups is 1. The summed E-state index contributed by atoms with van der Waals surface area (Å²) in [4.78, 5) is 71.4. The molecule has 4 amide bonds. The van der Waals surface area contributed by atoms with Crippen molar-refractivity contribution < 1.29 is 38.9 Å². The molecule has 1 aliphatic heterocycles. The average molecular weight is 673 g/mol. The third-order valence-electron chi connectivity index (χ3n) is 8.47. The number of benzene rings is 3. The minimum absolute atomic E-state index is 0.0245. The third-order valence-corrected chi connectivity index (χ3v) is 8.47. The number of aliphatic carboxylic acids is 1. The van der Waals surface area contributed by atoms with Crippen LogP contribution >= 0.6 is 0 Å². The van der Waals surface area contributed by atoms with Crippen molar-refractivity contribution in [1.29, 1.82) is 0 Å². The molecule has 1 unspecified atom stereocenters. The van der Waals surface area contributed by atoms with E-state index in [1.54, 1.807) is 51.1 Å². The summed E-state index contributed by atoms with van der Waals surface area (Å²) in [6.45, 7) is 6.70. The summed E-state index contributed by atoms with van der Waals surface area (Å²) >= 11 is 0. The molecule has 12 nitrogen and oxygen atoms in total. The van der Waals surface area contributed by atoms with E-state index in [9.17, 15) is 34.2 Å². The average Bonchev–Trinajstić information content (AvgIpc) is 3.06. The Balaban J connectivity index is 1.61. The maximum absolute atomic E-state index is 14.3. The van der Waals surface area contributed by atoms with Crippen LogP contribution in [0.15, 0.2) is 78.9 Å². The molecular weight excluding hydrogens is 628 g/mol. The Hall–Kier alpha value is -5.39. The molecule has 0 aromatic heterocycles. The predicted molar refractivity (Wildman–Crippen MR) is 183 cm³/mol. The van der Waals surface area contributed by atoms with E-state index < -0.39 is 59.6 Å². The number of carbonyl (C=O) groups is 5. The normalized spacial score (nSPS) is 16.1. The van der Waals surface area contributed by atoms with Gasteiger partial charge in [0, 0.05) is 39.0 Å². The molecule has 0 saturated carbocycles. The highest BCUT2D eigenvalue weighted by Gasteiger charge is 2.43. The van der Waals surface area contributed by atoms with E-state index >= 15 is 0 Å². The summed E-state index contributed by atoms with van der Waals surface area (Å²) in [5.41, 5.74) is 1.77. The molecule has 0 bridgehead atoms. The largest absolute Gasteiger partial charge is 0.508 e. The molecule has 49 heavy (non-hydrogen) atoms. The first-order valence-electron chi connectivity index (χ1n) is 16.1. The first-order valence-corrected chi connectivity index (χ1v) is 16.1. The van der Waals surface area contributed by atoms with Gasteiger partial charge in [-0.15, -0.1) is 0 Å². The topological polar surface area (TPSA) is 157 Å². The predicted octanol–water partition coefficient (Wildman–Crippen LogP) is 3.79. The lowest BCUT2D eigenvalue weighted by atomic mass is 9.93. The van der Waals surface area contributed by atoms with E-state index in [0.717, 1.165) is 5.56 Å². The van der Waals surface area contributed by atoms with Crippen LogP contribution in [0, 0.1) is 0 Å². The number of ether oxygens (including phenoxy) is 1. The van der Waals surface area contributed by atoms with E-state index in [2.05, 4.69) is 5.32 Å². The number of hydrogen-bond acceptors (Lipinski definition) is 7. The maximum Gasteiger partial charge on any atom is 0.410 e. The van der Waals surface area contributed by atoms with E-state index in [0.29, 0.717) is 16.8 Å². The van der Waals surface area contributed by atoms with Gasteiger partial charge in [0.25, 0.3) is 5.91 Å². The van der Waals surface area contributed by atoms with Crippen molar-refractivity contribution in [2.24, 2.45) is 0 Å². The second-order valence-electron chi connectivity index (χ2n) is 13.2. The van der Waals surface area contributed by atoms with Crippen molar-refractivity contribution in [1.82, 2.24) is 15.1 Å². The minimum atomic E-state index is -1.31. The Morgan fingerprint density at radius 3 is 2.12 bits per heavy atom. The number of phenols is 1. The highest BCUT2D eigenvalue weighted by Crippen LogP contribution is 2.32. The number of fused-ring (bicyclic) bond motifs is 1. The highest BCUT2D eigenvalue weighted by molar-refractivity contribution is 6.07. The van der Waals surface area contributed by atoms with Gasteiger partial charge in [0.15, 0.2) is 0 Å². The van der Waals surface area contributed by atoms with Gasteiger partial charge in [-0.05, 0) is 62.6 Å². The van der Waals surface area contributed by atoms with E-state index in [1.165, 1.54) is 47.9 Å². The summed E-state index contributed by atoms with van der Waals surface area (Å²) in [5, 5.41) is 22.0. The molecule has 4 rings (SSSR count). The first-order chi connectivity index (χ1) is 23.1. The quantitative estimate of drug-likeness (QED) is 0.278. The molecule has 3 aromatic rings. The minimum Gasteiger partial charge on any atom is -0.508 e. The SMILES string of the molecule is C[C@@H](C(=O)N[C@@H](Cc1ccc(O)cc1)C(=O)O)N1C(=O)[C@@H](N(C)C(=O)C(Cc2ccccc2)N(C)C(=O)OC(C)(C)C)Cc2ccccc21. The molecule has 4 atom stereocenters. The number of anilines is 1. The standard InChI is InChI=1S/C37H44N4O8/c1-23(32(43)38-28(35(46)47)20-25-16-18-27(42)19-17-25)41-29-15-11-10-14-26(29)22-31(34(41)45)39(5)33(44)30(21-24-12-8-7-9-13-24)40(6)36(48)49-37(2,3)4/h7-19,23,28,30-31,42H,20-22H2,1-6H3,(H,38,43)(H,46,47)/t23-,28-,30?,31-/m0/s1. The van der Waals surface area contributed by atoms with Crippen LogP contribution in [-0.4, -0.2) is 93.7 Å². The van der Waals surface area contributed by atoms with Crippen molar-refractivity contribution in [2.45, 2.75) is 76.7 Å². The number of rotatable bonds is 11. The number of nitrogens with zero attached hydrogens (tertiary/aromatic N) is 3. The van der Waals surface area contributed by atoms with Gasteiger partial charge >= 0.3 is 12.1 Å². The number of hydrogen-bond donors (Lipinski definition) is 3. The van der Waals surface area contributed by atoms with Crippen molar-refractivity contribution in [2.75, 3.05) is 19.0 Å². The fourth-order valence-electron chi connectivity index (χ4n) is 5.75. The second-order valence-corrected chi connectivity index (χ2v) is 13.2. The van der Waals surface area contributed by atoms with Gasteiger partial charge in [-0.2, -0.15) is 0 Å². The van der Waals surface area contributed by atoms with Crippen molar-refractivity contribution in [3.8, 4) is 5.75 Å². The van der Waals surface area contributed by atoms with Crippen LogP contribution in [0.4, 0.5) is 10.5 Å². The van der Waals surface area contributed by atoms with E-state index in [4.69, 9.17) is 4.74 Å². The summed E-state index contributed by atoms with van der Waals surface area (Å²) < 4.78 is 5.57. The Morgan fingerprint density at radius 1 is 0.918 bits per heavy atom. The Kier molecular flexibility index (Phi) is 11.3. The number of carbonyl (C=O) groups excluding carboxylic acids is 4. The number of para-hydroxylation sites is 1. The van der Waals surface area contributed by atoms with Crippen LogP contribution < -0.4 is 10.2 Å². The lowest BCUT2D eigenvalue weighted by Crippen LogP contribution is -2.61. The zero-order chi connectivity index (χ0) is 36.0. The van der Waals surface area contributed by atoms with Crippen LogP contribution in [0.3, 0.4) is 0 Å². The number of likely N-dealkylation sites (N-methyl/N-ethyl adjacent to an activating group) is 2. The van der Waals surface area contributed by atoms with E-state index in [-0.39, 0.29) is 25.0 Å². The van der Waals surface area contributed by atoms with Crippen LogP contribution in [0.2, 0.25) is 0 Å². The smallest absolute Gasteiger partial charge is 0.410 e. The molecule has 0 aliphatic carbocycles. The summed E-state index contributed by atoms with van der Waals surface area (Å²) in [5.74, 6) is -2.96. The summed E-state index contributed by atoms with van der Waals surface area (Å²) in [6.07, 6.45) is -0.415. The highest BCUT2D eigenvalue weighted by atomic mass is 16.6. The number of carboxylic acid groups (broad SMARTS) is 1. The molecule has 3 N–H and O–H groups in total. The van der Waals surface area contributed by atoms with Gasteiger partial charge < -0.3 is 25.2 Å². The molecule has 0 spiro atoms. The van der Waals surface area contributed by atoms with Crippen molar-refractivity contribution in [3.05, 3.63) is 95.6 Å². The second kappa shape index (κ2) is 15.2. The monoisotopic (exact) mass is 672 g/mol. The number of carboxylic acids is 1. The Morgan fingerprint density at radius 2 is 1.51 bits per heavy atom. The molecule has 3 aromatic carbocycles. The molecule has 1 heterocycles. The number of nitrogens with one attached hydrogen (secondary N) is 1. The maximum atomic E-state index is 14.3. The van der Waals surface area contributed by atoms with Gasteiger partial charge in [0.1, 0.15) is 35.5 Å². The zero-order valence-corrected chi connectivity index (χ0v) is 28.6. The Labute approximate surface area is 286 Å². The van der Waals surface area contributed by atoms with Crippen molar-refractivity contribution in [3.63, 3.8) is 0 Å².